The van der Waals surface area contributed by atoms with Crippen LogP contribution in [0.4, 0.5) is 0 Å². The maximum absolute atomic E-state index is 6.61. The molecule has 57 heavy (non-hydrogen) atoms. The van der Waals surface area contributed by atoms with Gasteiger partial charge in [0.2, 0.25) is 0 Å². The van der Waals surface area contributed by atoms with Gasteiger partial charge in [-0.1, -0.05) is 127 Å². The van der Waals surface area contributed by atoms with Crippen molar-refractivity contribution in [2.75, 3.05) is 0 Å². The summed E-state index contributed by atoms with van der Waals surface area (Å²) < 4.78 is 11.4. The van der Waals surface area contributed by atoms with E-state index in [-0.39, 0.29) is 0 Å². The second kappa shape index (κ2) is 12.6. The lowest BCUT2D eigenvalue weighted by atomic mass is 10.0. The topological polar surface area (TPSA) is 56.7 Å². The molecule has 0 amide bonds. The molecule has 0 saturated carbocycles. The summed E-state index contributed by atoms with van der Waals surface area (Å²) in [6.07, 6.45) is 0. The highest BCUT2D eigenvalue weighted by Crippen LogP contribution is 2.40. The monoisotopic (exact) mass is 746 g/mol. The van der Waals surface area contributed by atoms with Gasteiger partial charge in [-0.3, -0.25) is 0 Å². The number of rotatable bonds is 5. The molecule has 0 saturated heterocycles. The van der Waals surface area contributed by atoms with Crippen LogP contribution in [0.25, 0.3) is 115 Å². The Bertz CT molecular complexity index is 3420. The molecular formula is C51H30N4OS. The smallest absolute Gasteiger partial charge is 0.164 e. The van der Waals surface area contributed by atoms with Crippen molar-refractivity contribution in [1.29, 1.82) is 0 Å². The van der Waals surface area contributed by atoms with Gasteiger partial charge < -0.3 is 8.98 Å². The average Bonchev–Trinajstić information content (AvgIpc) is 3.95. The molecule has 0 fully saturated rings. The van der Waals surface area contributed by atoms with Crippen LogP contribution in [0.2, 0.25) is 0 Å². The zero-order chi connectivity index (χ0) is 37.5. The third-order valence-corrected chi connectivity index (χ3v) is 12.2. The predicted molar refractivity (Wildman–Crippen MR) is 236 cm³/mol. The Hall–Kier alpha value is -7.41. The molecule has 0 bridgehead atoms. The number of furan rings is 1. The molecule has 12 aromatic rings. The van der Waals surface area contributed by atoms with Crippen LogP contribution >= 0.6 is 11.3 Å². The van der Waals surface area contributed by atoms with Crippen LogP contribution in [0.1, 0.15) is 0 Å². The Labute approximate surface area is 330 Å². The summed E-state index contributed by atoms with van der Waals surface area (Å²) in [4.78, 5) is 14.8. The fourth-order valence-electron chi connectivity index (χ4n) is 8.32. The SMILES string of the molecule is c1ccc(-c2nc(-c3ccccc3)nc(-c3ccc4c(c3)sc3cc(-c5ccc6c(c5)oc5cc(-n7c8ccccc8c8ccccc87)ccc56)ccc34)n2)cc1. The van der Waals surface area contributed by atoms with Crippen molar-refractivity contribution in [3.8, 4) is 51.0 Å². The van der Waals surface area contributed by atoms with Gasteiger partial charge in [0.25, 0.3) is 0 Å². The number of hydrogen-bond donors (Lipinski definition) is 0. The first-order chi connectivity index (χ1) is 28.2. The highest BCUT2D eigenvalue weighted by atomic mass is 32.1. The van der Waals surface area contributed by atoms with Crippen LogP contribution in [0.5, 0.6) is 0 Å². The van der Waals surface area contributed by atoms with Gasteiger partial charge in [0, 0.05) is 70.2 Å². The lowest BCUT2D eigenvalue weighted by Crippen LogP contribution is -1.99. The molecule has 8 aromatic carbocycles. The fraction of sp³-hybridized carbons (Fsp3) is 0. The summed E-state index contributed by atoms with van der Waals surface area (Å²) in [5, 5.41) is 7.17. The van der Waals surface area contributed by atoms with E-state index in [0.29, 0.717) is 17.5 Å². The minimum atomic E-state index is 0.657. The van der Waals surface area contributed by atoms with Crippen molar-refractivity contribution in [2.24, 2.45) is 0 Å². The first-order valence-corrected chi connectivity index (χ1v) is 19.8. The standard InChI is InChI=1S/C51H30N4OS/c1-3-11-31(12-4-1)49-52-50(32-13-5-2-6-14-32)54-51(53-49)35-21-25-42-41-24-20-34(28-47(41)57-48(42)29-35)33-19-23-39-40-26-22-36(30-46(40)56-45(39)27-33)55-43-17-9-7-15-37(43)38-16-8-10-18-44(38)55/h1-30H. The molecule has 0 aliphatic heterocycles. The molecule has 12 rings (SSSR count). The van der Waals surface area contributed by atoms with E-state index in [4.69, 9.17) is 19.4 Å². The molecule has 5 nitrogen and oxygen atoms in total. The normalized spacial score (nSPS) is 11.9. The van der Waals surface area contributed by atoms with Crippen molar-refractivity contribution in [3.05, 3.63) is 182 Å². The molecule has 6 heteroatoms. The molecule has 0 aliphatic carbocycles. The minimum absolute atomic E-state index is 0.657. The number of benzene rings is 8. The van der Waals surface area contributed by atoms with E-state index in [1.54, 1.807) is 11.3 Å². The summed E-state index contributed by atoms with van der Waals surface area (Å²) in [5.41, 5.74) is 10.4. The Balaban J connectivity index is 0.917. The van der Waals surface area contributed by atoms with Crippen molar-refractivity contribution < 1.29 is 4.42 Å². The van der Waals surface area contributed by atoms with E-state index in [1.165, 1.54) is 42.0 Å². The zero-order valence-corrected chi connectivity index (χ0v) is 31.2. The highest BCUT2D eigenvalue weighted by Gasteiger charge is 2.17. The van der Waals surface area contributed by atoms with Gasteiger partial charge >= 0.3 is 0 Å². The van der Waals surface area contributed by atoms with Crippen LogP contribution in [0.3, 0.4) is 0 Å². The van der Waals surface area contributed by atoms with Gasteiger partial charge in [-0.15, -0.1) is 11.3 Å². The van der Waals surface area contributed by atoms with E-state index >= 15 is 0 Å². The van der Waals surface area contributed by atoms with E-state index < -0.39 is 0 Å². The Morgan fingerprint density at radius 2 is 0.807 bits per heavy atom. The van der Waals surface area contributed by atoms with E-state index in [2.05, 4.69) is 126 Å². The lowest BCUT2D eigenvalue weighted by molar-refractivity contribution is 0.669. The second-order valence-electron chi connectivity index (χ2n) is 14.4. The largest absolute Gasteiger partial charge is 0.456 e. The van der Waals surface area contributed by atoms with Crippen LogP contribution in [-0.4, -0.2) is 19.5 Å². The van der Waals surface area contributed by atoms with Crippen LogP contribution in [0, 0.1) is 0 Å². The third kappa shape index (κ3) is 5.19. The first-order valence-electron chi connectivity index (χ1n) is 19.0. The van der Waals surface area contributed by atoms with Gasteiger partial charge in [-0.25, -0.2) is 15.0 Å². The van der Waals surface area contributed by atoms with Crippen molar-refractivity contribution in [1.82, 2.24) is 19.5 Å². The second-order valence-corrected chi connectivity index (χ2v) is 15.5. The van der Waals surface area contributed by atoms with Gasteiger partial charge in [-0.05, 0) is 59.7 Å². The molecular weight excluding hydrogens is 717 g/mol. The summed E-state index contributed by atoms with van der Waals surface area (Å²) in [6.45, 7) is 0. The molecule has 0 N–H and O–H groups in total. The Kier molecular flexibility index (Phi) is 7.03. The van der Waals surface area contributed by atoms with Gasteiger partial charge in [0.1, 0.15) is 11.2 Å². The van der Waals surface area contributed by atoms with Crippen molar-refractivity contribution in [2.45, 2.75) is 0 Å². The lowest BCUT2D eigenvalue weighted by Gasteiger charge is -2.08. The maximum Gasteiger partial charge on any atom is 0.164 e. The molecule has 0 aliphatic rings. The average molecular weight is 747 g/mol. The third-order valence-electron chi connectivity index (χ3n) is 11.1. The molecule has 4 heterocycles. The van der Waals surface area contributed by atoms with E-state index in [0.717, 1.165) is 55.4 Å². The molecule has 0 spiro atoms. The zero-order valence-electron chi connectivity index (χ0n) is 30.4. The van der Waals surface area contributed by atoms with Crippen molar-refractivity contribution >= 4 is 75.3 Å². The quantitative estimate of drug-likeness (QED) is 0.176. The van der Waals surface area contributed by atoms with Crippen LogP contribution in [-0.2, 0) is 0 Å². The summed E-state index contributed by atoms with van der Waals surface area (Å²) >= 11 is 1.79. The van der Waals surface area contributed by atoms with Crippen molar-refractivity contribution in [3.63, 3.8) is 0 Å². The van der Waals surface area contributed by atoms with Crippen LogP contribution < -0.4 is 0 Å². The highest BCUT2D eigenvalue weighted by molar-refractivity contribution is 7.25. The maximum atomic E-state index is 6.61. The predicted octanol–water partition coefficient (Wildman–Crippen LogP) is 13.9. The van der Waals surface area contributed by atoms with E-state index in [9.17, 15) is 0 Å². The number of nitrogens with zero attached hydrogens (tertiary/aromatic N) is 4. The fourth-order valence-corrected chi connectivity index (χ4v) is 9.50. The molecule has 266 valence electrons. The number of para-hydroxylation sites is 2. The minimum Gasteiger partial charge on any atom is -0.456 e. The first kappa shape index (κ1) is 31.9. The van der Waals surface area contributed by atoms with Gasteiger partial charge in [0.05, 0.1) is 11.0 Å². The number of fused-ring (bicyclic) bond motifs is 9. The number of hydrogen-bond acceptors (Lipinski definition) is 5. The van der Waals surface area contributed by atoms with Crippen LogP contribution in [0.15, 0.2) is 186 Å². The molecule has 0 unspecified atom stereocenters. The summed E-state index contributed by atoms with van der Waals surface area (Å²) in [7, 11) is 0. The Morgan fingerprint density at radius 3 is 1.42 bits per heavy atom. The van der Waals surface area contributed by atoms with E-state index in [1.807, 2.05) is 60.7 Å². The Morgan fingerprint density at radius 1 is 0.351 bits per heavy atom. The summed E-state index contributed by atoms with van der Waals surface area (Å²) in [6, 6.07) is 63.9. The molecule has 4 aromatic heterocycles. The number of thiophene rings is 1. The number of aromatic nitrogens is 4. The summed E-state index contributed by atoms with van der Waals surface area (Å²) in [5.74, 6) is 1.97. The molecule has 0 radical (unpaired) electrons. The van der Waals surface area contributed by atoms with Gasteiger partial charge in [-0.2, -0.15) is 0 Å². The molecule has 0 atom stereocenters. The van der Waals surface area contributed by atoms with Gasteiger partial charge in [0.15, 0.2) is 17.5 Å².